The fourth-order valence-corrected chi connectivity index (χ4v) is 2.19. The lowest BCUT2D eigenvalue weighted by molar-refractivity contribution is 0.577. The van der Waals surface area contributed by atoms with E-state index in [-0.39, 0.29) is 11.9 Å². The van der Waals surface area contributed by atoms with E-state index < -0.39 is 0 Å². The number of nitrogens with zero attached hydrogens (tertiary/aromatic N) is 2. The molecule has 0 aliphatic rings. The number of halogens is 1. The van der Waals surface area contributed by atoms with Gasteiger partial charge in [-0.05, 0) is 44.2 Å². The number of nitrogens with one attached hydrogen (secondary N) is 1. The molecule has 0 saturated heterocycles. The number of aryl methyl sites for hydroxylation is 2. The first-order chi connectivity index (χ1) is 8.67. The Labute approximate surface area is 107 Å². The molecule has 0 bridgehead atoms. The molecule has 2 rings (SSSR count). The number of aromatic nitrogens is 2. The molecule has 0 saturated carbocycles. The summed E-state index contributed by atoms with van der Waals surface area (Å²) in [6.45, 7) is 4.90. The van der Waals surface area contributed by atoms with Gasteiger partial charge in [-0.3, -0.25) is 0 Å². The van der Waals surface area contributed by atoms with Gasteiger partial charge < -0.3 is 9.88 Å². The maximum absolute atomic E-state index is 13.4. The first-order valence-electron chi connectivity index (χ1n) is 6.11. The van der Waals surface area contributed by atoms with Crippen molar-refractivity contribution in [2.45, 2.75) is 26.4 Å². The Morgan fingerprint density at radius 2 is 2.22 bits per heavy atom. The fraction of sp³-hybridized carbons (Fsp3) is 0.357. The molecular weight excluding hydrogens is 229 g/mol. The van der Waals surface area contributed by atoms with Gasteiger partial charge in [0.15, 0.2) is 0 Å². The van der Waals surface area contributed by atoms with Gasteiger partial charge in [-0.2, -0.15) is 0 Å². The van der Waals surface area contributed by atoms with E-state index in [0.29, 0.717) is 0 Å². The predicted octanol–water partition coefficient (Wildman–Crippen LogP) is 2.66. The third kappa shape index (κ3) is 2.29. The summed E-state index contributed by atoms with van der Waals surface area (Å²) >= 11 is 0. The van der Waals surface area contributed by atoms with Crippen molar-refractivity contribution < 1.29 is 4.39 Å². The van der Waals surface area contributed by atoms with Gasteiger partial charge in [0.05, 0.1) is 6.04 Å². The van der Waals surface area contributed by atoms with Crippen molar-refractivity contribution in [1.82, 2.24) is 14.9 Å². The van der Waals surface area contributed by atoms with Crippen LogP contribution in [0.15, 0.2) is 30.6 Å². The maximum Gasteiger partial charge on any atom is 0.130 e. The molecule has 1 atom stereocenters. The summed E-state index contributed by atoms with van der Waals surface area (Å²) in [6.07, 6.45) is 3.71. The summed E-state index contributed by atoms with van der Waals surface area (Å²) in [5.41, 5.74) is 1.99. The lowest BCUT2D eigenvalue weighted by Crippen LogP contribution is -2.22. The molecule has 2 aromatic rings. The number of imidazole rings is 1. The standard InChI is InChI=1S/C14H18FN3/c1-4-18-8-7-17-14(18)13(16-3)12-9-11(15)6-5-10(12)2/h5-9,13,16H,4H2,1-3H3. The van der Waals surface area contributed by atoms with Crippen molar-refractivity contribution in [2.24, 2.45) is 0 Å². The van der Waals surface area contributed by atoms with E-state index in [1.54, 1.807) is 18.3 Å². The van der Waals surface area contributed by atoms with Crippen LogP contribution in [0.1, 0.15) is 29.9 Å². The second-order valence-electron chi connectivity index (χ2n) is 4.29. The summed E-state index contributed by atoms with van der Waals surface area (Å²) in [7, 11) is 1.86. The largest absolute Gasteiger partial charge is 0.334 e. The van der Waals surface area contributed by atoms with Crippen LogP contribution in [-0.2, 0) is 6.54 Å². The third-order valence-corrected chi connectivity index (χ3v) is 3.19. The fourth-order valence-electron chi connectivity index (χ4n) is 2.19. The van der Waals surface area contributed by atoms with Crippen LogP contribution in [0.2, 0.25) is 0 Å². The molecule has 96 valence electrons. The molecule has 0 radical (unpaired) electrons. The minimum absolute atomic E-state index is 0.0874. The van der Waals surface area contributed by atoms with Gasteiger partial charge in [0.2, 0.25) is 0 Å². The molecule has 0 fully saturated rings. The first-order valence-corrected chi connectivity index (χ1v) is 6.11. The molecule has 18 heavy (non-hydrogen) atoms. The Balaban J connectivity index is 2.48. The van der Waals surface area contributed by atoms with Gasteiger partial charge in [-0.15, -0.1) is 0 Å². The minimum atomic E-state index is -0.217. The SMILES string of the molecule is CCn1ccnc1C(NC)c1cc(F)ccc1C. The molecule has 0 spiro atoms. The van der Waals surface area contributed by atoms with Crippen LogP contribution in [0.3, 0.4) is 0 Å². The zero-order chi connectivity index (χ0) is 13.1. The van der Waals surface area contributed by atoms with Crippen molar-refractivity contribution >= 4 is 0 Å². The summed E-state index contributed by atoms with van der Waals surface area (Å²) in [4.78, 5) is 4.38. The van der Waals surface area contributed by atoms with E-state index in [1.165, 1.54) is 6.07 Å². The molecular formula is C14H18FN3. The van der Waals surface area contributed by atoms with E-state index in [9.17, 15) is 4.39 Å². The molecule has 1 unspecified atom stereocenters. The molecule has 4 heteroatoms. The number of rotatable bonds is 4. The van der Waals surface area contributed by atoms with Crippen LogP contribution >= 0.6 is 0 Å². The highest BCUT2D eigenvalue weighted by Gasteiger charge is 2.19. The third-order valence-electron chi connectivity index (χ3n) is 3.19. The normalized spacial score (nSPS) is 12.7. The molecule has 1 N–H and O–H groups in total. The number of hydrogen-bond acceptors (Lipinski definition) is 2. The zero-order valence-corrected chi connectivity index (χ0v) is 10.9. The van der Waals surface area contributed by atoms with E-state index in [2.05, 4.69) is 21.8 Å². The van der Waals surface area contributed by atoms with Crippen molar-refractivity contribution in [3.8, 4) is 0 Å². The Morgan fingerprint density at radius 1 is 1.44 bits per heavy atom. The van der Waals surface area contributed by atoms with E-state index in [1.807, 2.05) is 20.2 Å². The quantitative estimate of drug-likeness (QED) is 0.900. The smallest absolute Gasteiger partial charge is 0.130 e. The van der Waals surface area contributed by atoms with Crippen LogP contribution in [0.4, 0.5) is 4.39 Å². The minimum Gasteiger partial charge on any atom is -0.334 e. The highest BCUT2D eigenvalue weighted by atomic mass is 19.1. The molecule has 3 nitrogen and oxygen atoms in total. The van der Waals surface area contributed by atoms with Gasteiger partial charge in [-0.25, -0.2) is 9.37 Å². The van der Waals surface area contributed by atoms with E-state index in [0.717, 1.165) is 23.5 Å². The van der Waals surface area contributed by atoms with Gasteiger partial charge in [0.25, 0.3) is 0 Å². The average molecular weight is 247 g/mol. The lowest BCUT2D eigenvalue weighted by atomic mass is 10.0. The number of hydrogen-bond donors (Lipinski definition) is 1. The Hall–Kier alpha value is -1.68. The summed E-state index contributed by atoms with van der Waals surface area (Å²) in [6, 6.07) is 4.77. The van der Waals surface area contributed by atoms with Crippen molar-refractivity contribution in [3.63, 3.8) is 0 Å². The van der Waals surface area contributed by atoms with E-state index in [4.69, 9.17) is 0 Å². The maximum atomic E-state index is 13.4. The second-order valence-corrected chi connectivity index (χ2v) is 4.29. The highest BCUT2D eigenvalue weighted by molar-refractivity contribution is 5.33. The van der Waals surface area contributed by atoms with Crippen LogP contribution in [0.25, 0.3) is 0 Å². The van der Waals surface area contributed by atoms with Crippen LogP contribution in [0.5, 0.6) is 0 Å². The molecule has 0 amide bonds. The van der Waals surface area contributed by atoms with Gasteiger partial charge in [0, 0.05) is 18.9 Å². The van der Waals surface area contributed by atoms with Crippen molar-refractivity contribution in [3.05, 3.63) is 53.4 Å². The van der Waals surface area contributed by atoms with Crippen molar-refractivity contribution in [1.29, 1.82) is 0 Å². The Morgan fingerprint density at radius 3 is 2.89 bits per heavy atom. The average Bonchev–Trinajstić information content (AvgIpc) is 2.83. The van der Waals surface area contributed by atoms with Crippen LogP contribution in [0, 0.1) is 12.7 Å². The highest BCUT2D eigenvalue weighted by Crippen LogP contribution is 2.24. The van der Waals surface area contributed by atoms with E-state index >= 15 is 0 Å². The van der Waals surface area contributed by atoms with Crippen molar-refractivity contribution in [2.75, 3.05) is 7.05 Å². The first kappa shape index (κ1) is 12.8. The number of benzene rings is 1. The zero-order valence-electron chi connectivity index (χ0n) is 10.9. The Kier molecular flexibility index (Phi) is 3.77. The van der Waals surface area contributed by atoms with Gasteiger partial charge in [0.1, 0.15) is 11.6 Å². The summed E-state index contributed by atoms with van der Waals surface area (Å²) < 4.78 is 15.5. The summed E-state index contributed by atoms with van der Waals surface area (Å²) in [5.74, 6) is 0.694. The molecule has 1 aromatic carbocycles. The molecule has 0 aliphatic carbocycles. The predicted molar refractivity (Wildman–Crippen MR) is 69.9 cm³/mol. The molecule has 1 heterocycles. The molecule has 1 aromatic heterocycles. The van der Waals surface area contributed by atoms with Crippen LogP contribution < -0.4 is 5.32 Å². The topological polar surface area (TPSA) is 29.9 Å². The monoisotopic (exact) mass is 247 g/mol. The van der Waals surface area contributed by atoms with Gasteiger partial charge >= 0.3 is 0 Å². The van der Waals surface area contributed by atoms with Gasteiger partial charge in [-0.1, -0.05) is 6.07 Å². The second kappa shape index (κ2) is 5.31. The van der Waals surface area contributed by atoms with Crippen LogP contribution in [-0.4, -0.2) is 16.6 Å². The summed E-state index contributed by atoms with van der Waals surface area (Å²) in [5, 5.41) is 3.21. The molecule has 0 aliphatic heterocycles. The lowest BCUT2D eigenvalue weighted by Gasteiger charge is -2.19. The Bertz CT molecular complexity index is 534.